The molecule has 6 nitrogen and oxygen atoms in total. The van der Waals surface area contributed by atoms with Crippen LogP contribution in [0.5, 0.6) is 0 Å². The van der Waals surface area contributed by atoms with Gasteiger partial charge in [-0.25, -0.2) is 14.8 Å². The summed E-state index contributed by atoms with van der Waals surface area (Å²) in [5.74, 6) is -1.37. The third-order valence-electron chi connectivity index (χ3n) is 2.50. The van der Waals surface area contributed by atoms with Crippen LogP contribution in [0, 0.1) is 0 Å². The van der Waals surface area contributed by atoms with Gasteiger partial charge in [-0.2, -0.15) is 0 Å². The lowest BCUT2D eigenvalue weighted by Crippen LogP contribution is -2.15. The smallest absolute Gasteiger partial charge is 0.355 e. The topological polar surface area (TPSA) is 93.0 Å². The van der Waals surface area contributed by atoms with Gasteiger partial charge in [0.1, 0.15) is 11.5 Å². The number of aromatic carboxylic acids is 1. The zero-order valence-corrected chi connectivity index (χ0v) is 10.2. The average Bonchev–Trinajstić information content (AvgIpc) is 2.46. The molecule has 0 aromatic carbocycles. The Morgan fingerprint density at radius 2 is 2.05 bits per heavy atom. The Bertz CT molecular complexity index is 626. The van der Waals surface area contributed by atoms with Gasteiger partial charge >= 0.3 is 5.97 Å². The number of carboxylic acid groups (broad SMARTS) is 1. The van der Waals surface area contributed by atoms with E-state index < -0.39 is 11.8 Å². The minimum atomic E-state index is -1.25. The standard InChI is InChI=1S/C13H11N3O3/c1-2-10-15-7-8(11(16-10)13(18)19)12(17)9-5-3-4-6-14-9/h3-7H,2H2,1H3,(H,18,19). The summed E-state index contributed by atoms with van der Waals surface area (Å²) in [7, 11) is 0. The lowest BCUT2D eigenvalue weighted by atomic mass is 10.1. The quantitative estimate of drug-likeness (QED) is 0.831. The monoisotopic (exact) mass is 257 g/mol. The van der Waals surface area contributed by atoms with E-state index in [0.29, 0.717) is 12.2 Å². The molecular weight excluding hydrogens is 246 g/mol. The van der Waals surface area contributed by atoms with Gasteiger partial charge in [0.25, 0.3) is 0 Å². The van der Waals surface area contributed by atoms with Gasteiger partial charge in [-0.1, -0.05) is 13.0 Å². The molecule has 2 rings (SSSR count). The van der Waals surface area contributed by atoms with Crippen LogP contribution >= 0.6 is 0 Å². The van der Waals surface area contributed by atoms with E-state index >= 15 is 0 Å². The summed E-state index contributed by atoms with van der Waals surface area (Å²) in [5, 5.41) is 9.12. The number of rotatable bonds is 4. The summed E-state index contributed by atoms with van der Waals surface area (Å²) >= 11 is 0. The maximum atomic E-state index is 12.2. The number of ketones is 1. The molecule has 0 aliphatic rings. The highest BCUT2D eigenvalue weighted by Crippen LogP contribution is 2.11. The van der Waals surface area contributed by atoms with Crippen molar-refractivity contribution in [2.75, 3.05) is 0 Å². The molecular formula is C13H11N3O3. The van der Waals surface area contributed by atoms with Crippen molar-refractivity contribution in [3.8, 4) is 0 Å². The lowest BCUT2D eigenvalue weighted by molar-refractivity contribution is 0.0685. The van der Waals surface area contributed by atoms with Gasteiger partial charge in [0, 0.05) is 18.8 Å². The third-order valence-corrected chi connectivity index (χ3v) is 2.50. The molecule has 0 atom stereocenters. The molecule has 0 aliphatic heterocycles. The van der Waals surface area contributed by atoms with Gasteiger partial charge in [-0.3, -0.25) is 9.78 Å². The summed E-state index contributed by atoms with van der Waals surface area (Å²) in [4.78, 5) is 35.1. The van der Waals surface area contributed by atoms with Crippen LogP contribution in [0.25, 0.3) is 0 Å². The van der Waals surface area contributed by atoms with Crippen molar-refractivity contribution in [3.63, 3.8) is 0 Å². The number of pyridine rings is 1. The van der Waals surface area contributed by atoms with Gasteiger partial charge in [0.2, 0.25) is 5.78 Å². The van der Waals surface area contributed by atoms with Crippen molar-refractivity contribution in [2.45, 2.75) is 13.3 Å². The van der Waals surface area contributed by atoms with Crippen LogP contribution in [0.1, 0.15) is 39.3 Å². The van der Waals surface area contributed by atoms with E-state index in [9.17, 15) is 9.59 Å². The zero-order valence-electron chi connectivity index (χ0n) is 10.2. The molecule has 0 aliphatic carbocycles. The molecule has 0 radical (unpaired) electrons. The molecule has 0 fully saturated rings. The second-order valence-electron chi connectivity index (χ2n) is 3.75. The van der Waals surface area contributed by atoms with Crippen molar-refractivity contribution >= 4 is 11.8 Å². The molecule has 0 spiro atoms. The van der Waals surface area contributed by atoms with Gasteiger partial charge < -0.3 is 5.11 Å². The number of hydrogen-bond donors (Lipinski definition) is 1. The van der Waals surface area contributed by atoms with Crippen LogP contribution in [0.2, 0.25) is 0 Å². The van der Waals surface area contributed by atoms with Crippen LogP contribution < -0.4 is 0 Å². The van der Waals surface area contributed by atoms with Crippen molar-refractivity contribution < 1.29 is 14.7 Å². The number of carboxylic acids is 1. The molecule has 0 amide bonds. The molecule has 19 heavy (non-hydrogen) atoms. The van der Waals surface area contributed by atoms with Gasteiger partial charge in [0.05, 0.1) is 5.56 Å². The first-order valence-corrected chi connectivity index (χ1v) is 5.68. The Kier molecular flexibility index (Phi) is 3.61. The van der Waals surface area contributed by atoms with Gasteiger partial charge in [-0.05, 0) is 12.1 Å². The predicted molar refractivity (Wildman–Crippen MR) is 66.0 cm³/mol. The normalized spacial score (nSPS) is 10.2. The molecule has 2 aromatic rings. The Hall–Kier alpha value is -2.63. The van der Waals surface area contributed by atoms with Gasteiger partial charge in [-0.15, -0.1) is 0 Å². The van der Waals surface area contributed by atoms with E-state index in [-0.39, 0.29) is 17.0 Å². The second-order valence-corrected chi connectivity index (χ2v) is 3.75. The molecule has 0 saturated carbocycles. The minimum Gasteiger partial charge on any atom is -0.476 e. The first-order valence-electron chi connectivity index (χ1n) is 5.68. The summed E-state index contributed by atoms with van der Waals surface area (Å²) in [6.45, 7) is 1.81. The molecule has 96 valence electrons. The molecule has 2 aromatic heterocycles. The van der Waals surface area contributed by atoms with Crippen molar-refractivity contribution in [2.24, 2.45) is 0 Å². The first kappa shape index (κ1) is 12.8. The van der Waals surface area contributed by atoms with Crippen LogP contribution in [-0.4, -0.2) is 31.8 Å². The van der Waals surface area contributed by atoms with Crippen molar-refractivity contribution in [3.05, 3.63) is 53.4 Å². The van der Waals surface area contributed by atoms with Crippen molar-refractivity contribution in [1.82, 2.24) is 15.0 Å². The summed E-state index contributed by atoms with van der Waals surface area (Å²) in [5.41, 5.74) is -0.177. The number of aromatic nitrogens is 3. The summed E-state index contributed by atoms with van der Waals surface area (Å²) in [6, 6.07) is 4.84. The Balaban J connectivity index is 2.50. The predicted octanol–water partition coefficient (Wildman–Crippen LogP) is 1.36. The minimum absolute atomic E-state index is 0.0524. The molecule has 0 saturated heterocycles. The number of aryl methyl sites for hydroxylation is 1. The zero-order chi connectivity index (χ0) is 13.8. The maximum Gasteiger partial charge on any atom is 0.355 e. The lowest BCUT2D eigenvalue weighted by Gasteiger charge is -2.05. The third kappa shape index (κ3) is 2.62. The van der Waals surface area contributed by atoms with Crippen LogP contribution in [0.3, 0.4) is 0 Å². The SMILES string of the molecule is CCc1ncc(C(=O)c2ccccn2)c(C(=O)O)n1. The molecule has 6 heteroatoms. The number of carbonyl (C=O) groups excluding carboxylic acids is 1. The molecule has 0 unspecified atom stereocenters. The van der Waals surface area contributed by atoms with E-state index in [0.717, 1.165) is 0 Å². The Labute approximate surface area is 109 Å². The Morgan fingerprint density at radius 1 is 1.26 bits per heavy atom. The highest BCUT2D eigenvalue weighted by molar-refractivity contribution is 6.12. The Morgan fingerprint density at radius 3 is 2.63 bits per heavy atom. The number of hydrogen-bond acceptors (Lipinski definition) is 5. The van der Waals surface area contributed by atoms with E-state index in [2.05, 4.69) is 15.0 Å². The van der Waals surface area contributed by atoms with Crippen molar-refractivity contribution in [1.29, 1.82) is 0 Å². The van der Waals surface area contributed by atoms with Crippen LogP contribution in [0.15, 0.2) is 30.6 Å². The molecule has 2 heterocycles. The van der Waals surface area contributed by atoms with Gasteiger partial charge in [0.15, 0.2) is 5.69 Å². The second kappa shape index (κ2) is 5.34. The molecule has 0 bridgehead atoms. The van der Waals surface area contributed by atoms with E-state index in [1.54, 1.807) is 19.1 Å². The molecule has 1 N–H and O–H groups in total. The average molecular weight is 257 g/mol. The highest BCUT2D eigenvalue weighted by Gasteiger charge is 2.21. The first-order chi connectivity index (χ1) is 9.13. The largest absolute Gasteiger partial charge is 0.476 e. The summed E-state index contributed by atoms with van der Waals surface area (Å²) in [6.07, 6.45) is 3.21. The van der Waals surface area contributed by atoms with E-state index in [1.165, 1.54) is 18.5 Å². The summed E-state index contributed by atoms with van der Waals surface area (Å²) < 4.78 is 0. The fourth-order valence-electron chi connectivity index (χ4n) is 1.55. The fraction of sp³-hybridized carbons (Fsp3) is 0.154. The number of carbonyl (C=O) groups is 2. The van der Waals surface area contributed by atoms with Crippen LogP contribution in [-0.2, 0) is 6.42 Å². The number of nitrogens with zero attached hydrogens (tertiary/aromatic N) is 3. The highest BCUT2D eigenvalue weighted by atomic mass is 16.4. The van der Waals surface area contributed by atoms with Crippen LogP contribution in [0.4, 0.5) is 0 Å². The maximum absolute atomic E-state index is 12.2. The van der Waals surface area contributed by atoms with E-state index in [4.69, 9.17) is 5.11 Å². The fourth-order valence-corrected chi connectivity index (χ4v) is 1.55. The van der Waals surface area contributed by atoms with E-state index in [1.807, 2.05) is 0 Å².